The van der Waals surface area contributed by atoms with Crippen LogP contribution in [0.1, 0.15) is 31.1 Å². The molecule has 0 saturated carbocycles. The van der Waals surface area contributed by atoms with Gasteiger partial charge in [-0.05, 0) is 31.5 Å². The average molecular weight is 361 g/mol. The predicted molar refractivity (Wildman–Crippen MR) is 104 cm³/mol. The van der Waals surface area contributed by atoms with Gasteiger partial charge in [0, 0.05) is 44.8 Å². The van der Waals surface area contributed by atoms with Crippen LogP contribution in [-0.2, 0) is 4.79 Å². The summed E-state index contributed by atoms with van der Waals surface area (Å²) in [5, 5.41) is 5.70. The summed E-state index contributed by atoms with van der Waals surface area (Å²) in [6.07, 6.45) is 0. The standard InChI is InChI=1S/C20H32N4O2/c1-4-23-10-12-24(13-11-23)15-16(2)14-21-19(25)17(3)22-20(26)18-8-6-5-7-9-18/h5-9,16-17H,4,10-15H2,1-3H3,(H,21,25)(H,22,26). The zero-order valence-corrected chi connectivity index (χ0v) is 16.2. The van der Waals surface area contributed by atoms with Crippen LogP contribution < -0.4 is 10.6 Å². The zero-order valence-electron chi connectivity index (χ0n) is 16.2. The molecule has 1 aromatic rings. The minimum atomic E-state index is -0.553. The molecule has 6 heteroatoms. The summed E-state index contributed by atoms with van der Waals surface area (Å²) < 4.78 is 0. The van der Waals surface area contributed by atoms with E-state index in [1.807, 2.05) is 18.2 Å². The number of carbonyl (C=O) groups excluding carboxylic acids is 2. The van der Waals surface area contributed by atoms with Crippen molar-refractivity contribution in [3.63, 3.8) is 0 Å². The lowest BCUT2D eigenvalue weighted by molar-refractivity contribution is -0.122. The maximum atomic E-state index is 12.2. The molecule has 0 radical (unpaired) electrons. The van der Waals surface area contributed by atoms with Gasteiger partial charge in [0.25, 0.3) is 5.91 Å². The van der Waals surface area contributed by atoms with Gasteiger partial charge in [-0.3, -0.25) is 9.59 Å². The summed E-state index contributed by atoms with van der Waals surface area (Å²) in [4.78, 5) is 29.3. The first-order chi connectivity index (χ1) is 12.5. The summed E-state index contributed by atoms with van der Waals surface area (Å²) >= 11 is 0. The van der Waals surface area contributed by atoms with Crippen LogP contribution >= 0.6 is 0 Å². The molecular formula is C20H32N4O2. The van der Waals surface area contributed by atoms with Crippen molar-refractivity contribution in [1.82, 2.24) is 20.4 Å². The van der Waals surface area contributed by atoms with E-state index in [1.165, 1.54) is 0 Å². The molecule has 0 bridgehead atoms. The van der Waals surface area contributed by atoms with Crippen molar-refractivity contribution < 1.29 is 9.59 Å². The van der Waals surface area contributed by atoms with E-state index in [-0.39, 0.29) is 11.8 Å². The third kappa shape index (κ3) is 6.42. The molecule has 2 amide bonds. The van der Waals surface area contributed by atoms with E-state index in [0.717, 1.165) is 39.3 Å². The van der Waals surface area contributed by atoms with Crippen molar-refractivity contribution in [3.8, 4) is 0 Å². The predicted octanol–water partition coefficient (Wildman–Crippen LogP) is 1.19. The Morgan fingerprint density at radius 3 is 2.27 bits per heavy atom. The molecule has 1 saturated heterocycles. The largest absolute Gasteiger partial charge is 0.354 e. The number of benzene rings is 1. The van der Waals surface area contributed by atoms with Crippen LogP contribution in [0.3, 0.4) is 0 Å². The molecule has 2 unspecified atom stereocenters. The molecular weight excluding hydrogens is 328 g/mol. The molecule has 1 aliphatic rings. The van der Waals surface area contributed by atoms with Crippen LogP contribution in [0.4, 0.5) is 0 Å². The molecule has 0 aromatic heterocycles. The quantitative estimate of drug-likeness (QED) is 0.731. The Hall–Kier alpha value is -1.92. The first-order valence-electron chi connectivity index (χ1n) is 9.58. The molecule has 144 valence electrons. The van der Waals surface area contributed by atoms with E-state index in [1.54, 1.807) is 19.1 Å². The highest BCUT2D eigenvalue weighted by Gasteiger charge is 2.19. The van der Waals surface area contributed by atoms with Gasteiger partial charge >= 0.3 is 0 Å². The van der Waals surface area contributed by atoms with E-state index in [2.05, 4.69) is 34.3 Å². The number of piperazine rings is 1. The highest BCUT2D eigenvalue weighted by molar-refractivity contribution is 5.97. The van der Waals surface area contributed by atoms with Gasteiger partial charge in [0.1, 0.15) is 6.04 Å². The molecule has 2 N–H and O–H groups in total. The van der Waals surface area contributed by atoms with E-state index >= 15 is 0 Å². The van der Waals surface area contributed by atoms with Crippen LogP contribution in [0.5, 0.6) is 0 Å². The molecule has 6 nitrogen and oxygen atoms in total. The number of hydrogen-bond donors (Lipinski definition) is 2. The summed E-state index contributed by atoms with van der Waals surface area (Å²) in [5.41, 5.74) is 0.562. The van der Waals surface area contributed by atoms with Crippen LogP contribution in [-0.4, -0.2) is 73.5 Å². The number of likely N-dealkylation sites (N-methyl/N-ethyl adjacent to an activating group) is 1. The molecule has 1 aromatic carbocycles. The fourth-order valence-electron chi connectivity index (χ4n) is 3.16. The number of carbonyl (C=O) groups is 2. The smallest absolute Gasteiger partial charge is 0.251 e. The Morgan fingerprint density at radius 2 is 1.65 bits per heavy atom. The molecule has 2 rings (SSSR count). The van der Waals surface area contributed by atoms with Gasteiger partial charge in [-0.15, -0.1) is 0 Å². The van der Waals surface area contributed by atoms with Gasteiger partial charge < -0.3 is 20.4 Å². The fraction of sp³-hybridized carbons (Fsp3) is 0.600. The maximum Gasteiger partial charge on any atom is 0.251 e. The summed E-state index contributed by atoms with van der Waals surface area (Å²) in [5.74, 6) is 0.0104. The lowest BCUT2D eigenvalue weighted by Gasteiger charge is -2.35. The van der Waals surface area contributed by atoms with Crippen molar-refractivity contribution >= 4 is 11.8 Å². The van der Waals surface area contributed by atoms with Gasteiger partial charge in [-0.1, -0.05) is 32.0 Å². The Kier molecular flexibility index (Phi) is 8.06. The Morgan fingerprint density at radius 1 is 1.04 bits per heavy atom. The second-order valence-electron chi connectivity index (χ2n) is 7.15. The van der Waals surface area contributed by atoms with Gasteiger partial charge in [-0.25, -0.2) is 0 Å². The number of rotatable bonds is 8. The normalized spacial score (nSPS) is 18.1. The number of hydrogen-bond acceptors (Lipinski definition) is 4. The monoisotopic (exact) mass is 360 g/mol. The lowest BCUT2D eigenvalue weighted by atomic mass is 10.1. The van der Waals surface area contributed by atoms with Crippen LogP contribution in [0.25, 0.3) is 0 Å². The van der Waals surface area contributed by atoms with E-state index in [0.29, 0.717) is 18.0 Å². The Labute approximate surface area is 156 Å². The Balaban J connectivity index is 1.68. The van der Waals surface area contributed by atoms with E-state index in [9.17, 15) is 9.59 Å². The van der Waals surface area contributed by atoms with Crippen LogP contribution in [0, 0.1) is 5.92 Å². The first kappa shape index (κ1) is 20.4. The number of amides is 2. The van der Waals surface area contributed by atoms with Gasteiger partial charge in [-0.2, -0.15) is 0 Å². The average Bonchev–Trinajstić information content (AvgIpc) is 2.67. The van der Waals surface area contributed by atoms with Crippen molar-refractivity contribution in [3.05, 3.63) is 35.9 Å². The fourth-order valence-corrected chi connectivity index (χ4v) is 3.16. The molecule has 1 heterocycles. The second-order valence-corrected chi connectivity index (χ2v) is 7.15. The van der Waals surface area contributed by atoms with Crippen molar-refractivity contribution in [2.24, 2.45) is 5.92 Å². The first-order valence-corrected chi connectivity index (χ1v) is 9.58. The molecule has 1 aliphatic heterocycles. The molecule has 1 fully saturated rings. The van der Waals surface area contributed by atoms with E-state index < -0.39 is 6.04 Å². The van der Waals surface area contributed by atoms with Gasteiger partial charge in [0.05, 0.1) is 0 Å². The zero-order chi connectivity index (χ0) is 18.9. The third-order valence-corrected chi connectivity index (χ3v) is 4.88. The number of nitrogens with one attached hydrogen (secondary N) is 2. The highest BCUT2D eigenvalue weighted by Crippen LogP contribution is 2.05. The minimum Gasteiger partial charge on any atom is -0.354 e. The SMILES string of the molecule is CCN1CCN(CC(C)CNC(=O)C(C)NC(=O)c2ccccc2)CC1. The molecule has 2 atom stereocenters. The topological polar surface area (TPSA) is 64.7 Å². The lowest BCUT2D eigenvalue weighted by Crippen LogP contribution is -2.49. The summed E-state index contributed by atoms with van der Waals surface area (Å²) in [6.45, 7) is 13.2. The molecule has 0 spiro atoms. The van der Waals surface area contributed by atoms with Gasteiger partial charge in [0.15, 0.2) is 0 Å². The summed E-state index contributed by atoms with van der Waals surface area (Å²) in [6, 6.07) is 8.39. The van der Waals surface area contributed by atoms with Crippen molar-refractivity contribution in [2.45, 2.75) is 26.8 Å². The minimum absolute atomic E-state index is 0.142. The Bertz CT molecular complexity index is 570. The highest BCUT2D eigenvalue weighted by atomic mass is 16.2. The van der Waals surface area contributed by atoms with Crippen LogP contribution in [0.2, 0.25) is 0 Å². The summed E-state index contributed by atoms with van der Waals surface area (Å²) in [7, 11) is 0. The van der Waals surface area contributed by atoms with Crippen molar-refractivity contribution in [2.75, 3.05) is 45.8 Å². The van der Waals surface area contributed by atoms with Crippen molar-refractivity contribution in [1.29, 1.82) is 0 Å². The third-order valence-electron chi connectivity index (χ3n) is 4.88. The molecule has 26 heavy (non-hydrogen) atoms. The molecule has 0 aliphatic carbocycles. The van der Waals surface area contributed by atoms with Crippen LogP contribution in [0.15, 0.2) is 30.3 Å². The van der Waals surface area contributed by atoms with E-state index in [4.69, 9.17) is 0 Å². The van der Waals surface area contributed by atoms with Gasteiger partial charge in [0.2, 0.25) is 5.91 Å². The number of nitrogens with zero attached hydrogens (tertiary/aromatic N) is 2. The second kappa shape index (κ2) is 10.3. The maximum absolute atomic E-state index is 12.2.